The predicted octanol–water partition coefficient (Wildman–Crippen LogP) is 1.07. The van der Waals surface area contributed by atoms with Gasteiger partial charge in [-0.3, -0.25) is 4.79 Å². The molecule has 1 aromatic heterocycles. The predicted molar refractivity (Wildman–Crippen MR) is 64.2 cm³/mol. The van der Waals surface area contributed by atoms with E-state index in [2.05, 4.69) is 15.5 Å². The fraction of sp³-hybridized carbons (Fsp3) is 0.818. The normalized spacial score (nSPS) is 12.6. The third-order valence-corrected chi connectivity index (χ3v) is 2.61. The lowest BCUT2D eigenvalue weighted by molar-refractivity contribution is -0.138. The molecule has 0 amide bonds. The Balaban J connectivity index is 2.71. The molecular weight excluding hydrogens is 236 g/mol. The Bertz CT molecular complexity index is 367. The summed E-state index contributed by atoms with van der Waals surface area (Å²) in [6.45, 7) is 5.13. The van der Waals surface area contributed by atoms with E-state index in [-0.39, 0.29) is 12.5 Å². The number of carbonyl (C=O) groups is 1. The summed E-state index contributed by atoms with van der Waals surface area (Å²) in [6, 6.07) is -0.181. The maximum absolute atomic E-state index is 10.8. The molecule has 1 atom stereocenters. The molecule has 1 N–H and O–H groups in total. The highest BCUT2D eigenvalue weighted by Crippen LogP contribution is 2.18. The van der Waals surface area contributed by atoms with E-state index in [1.807, 2.05) is 13.8 Å². The Labute approximate surface area is 106 Å². The number of aliphatic carboxylic acids is 1. The van der Waals surface area contributed by atoms with Gasteiger partial charge in [-0.2, -0.15) is 0 Å². The van der Waals surface area contributed by atoms with E-state index in [1.165, 1.54) is 0 Å². The highest BCUT2D eigenvalue weighted by atomic mass is 16.5. The van der Waals surface area contributed by atoms with E-state index in [4.69, 9.17) is 9.84 Å². The van der Waals surface area contributed by atoms with Crippen LogP contribution in [0.4, 0.5) is 0 Å². The lowest BCUT2D eigenvalue weighted by atomic mass is 10.1. The Morgan fingerprint density at radius 1 is 1.50 bits per heavy atom. The van der Waals surface area contributed by atoms with Crippen molar-refractivity contribution in [1.82, 2.24) is 20.2 Å². The quantitative estimate of drug-likeness (QED) is 0.664. The van der Waals surface area contributed by atoms with Crippen LogP contribution in [0.25, 0.3) is 0 Å². The monoisotopic (exact) mass is 256 g/mol. The highest BCUT2D eigenvalue weighted by molar-refractivity contribution is 5.67. The molecule has 0 fully saturated rings. The second-order valence-corrected chi connectivity index (χ2v) is 4.03. The van der Waals surface area contributed by atoms with E-state index in [0.29, 0.717) is 25.5 Å². The molecule has 7 nitrogen and oxygen atoms in total. The van der Waals surface area contributed by atoms with E-state index >= 15 is 0 Å². The average Bonchev–Trinajstić information content (AvgIpc) is 2.76. The van der Waals surface area contributed by atoms with Crippen LogP contribution in [-0.2, 0) is 16.0 Å². The molecule has 0 aliphatic rings. The molecule has 102 valence electrons. The summed E-state index contributed by atoms with van der Waals surface area (Å²) in [7, 11) is 0. The first kappa shape index (κ1) is 14.6. The number of tetrazole rings is 1. The van der Waals surface area contributed by atoms with Gasteiger partial charge >= 0.3 is 5.97 Å². The van der Waals surface area contributed by atoms with Crippen LogP contribution in [-0.4, -0.2) is 44.5 Å². The second kappa shape index (κ2) is 7.75. The molecule has 0 aliphatic heterocycles. The number of aromatic nitrogens is 4. The van der Waals surface area contributed by atoms with E-state index in [1.54, 1.807) is 4.68 Å². The highest BCUT2D eigenvalue weighted by Gasteiger charge is 2.19. The minimum atomic E-state index is -0.834. The number of nitrogens with zero attached hydrogens (tertiary/aromatic N) is 4. The standard InChI is InChI=1S/C11H20N4O3/c1-3-5-9(8-11(16)17)15-10(12-13-14-15)6-7-18-4-2/h9H,3-8H2,1-2H3,(H,16,17). The first-order chi connectivity index (χ1) is 8.69. The lowest BCUT2D eigenvalue weighted by Gasteiger charge is -2.15. The third-order valence-electron chi connectivity index (χ3n) is 2.61. The van der Waals surface area contributed by atoms with Crippen molar-refractivity contribution in [3.63, 3.8) is 0 Å². The van der Waals surface area contributed by atoms with Crippen molar-refractivity contribution in [3.05, 3.63) is 5.82 Å². The zero-order valence-corrected chi connectivity index (χ0v) is 10.9. The summed E-state index contributed by atoms with van der Waals surface area (Å²) >= 11 is 0. The molecule has 0 spiro atoms. The Hall–Kier alpha value is -1.50. The Kier molecular flexibility index (Phi) is 6.27. The van der Waals surface area contributed by atoms with Gasteiger partial charge in [-0.1, -0.05) is 13.3 Å². The van der Waals surface area contributed by atoms with Gasteiger partial charge in [0.15, 0.2) is 5.82 Å². The lowest BCUT2D eigenvalue weighted by Crippen LogP contribution is -2.18. The van der Waals surface area contributed by atoms with Gasteiger partial charge in [-0.15, -0.1) is 5.10 Å². The van der Waals surface area contributed by atoms with Gasteiger partial charge in [0.1, 0.15) is 0 Å². The van der Waals surface area contributed by atoms with Gasteiger partial charge < -0.3 is 9.84 Å². The van der Waals surface area contributed by atoms with Crippen LogP contribution in [0.2, 0.25) is 0 Å². The largest absolute Gasteiger partial charge is 0.481 e. The fourth-order valence-electron chi connectivity index (χ4n) is 1.81. The molecule has 0 saturated carbocycles. The van der Waals surface area contributed by atoms with Gasteiger partial charge in [0.2, 0.25) is 0 Å². The molecular formula is C11H20N4O3. The van der Waals surface area contributed by atoms with Crippen molar-refractivity contribution < 1.29 is 14.6 Å². The topological polar surface area (TPSA) is 90.1 Å². The molecule has 1 heterocycles. The molecule has 1 rings (SSSR count). The van der Waals surface area contributed by atoms with Gasteiger partial charge in [0, 0.05) is 13.0 Å². The number of carboxylic acid groups (broad SMARTS) is 1. The summed E-state index contributed by atoms with van der Waals surface area (Å²) in [5, 5.41) is 20.4. The average molecular weight is 256 g/mol. The van der Waals surface area contributed by atoms with Gasteiger partial charge in [-0.25, -0.2) is 4.68 Å². The summed E-state index contributed by atoms with van der Waals surface area (Å²) in [5.41, 5.74) is 0. The summed E-state index contributed by atoms with van der Waals surface area (Å²) < 4.78 is 6.88. The van der Waals surface area contributed by atoms with Crippen molar-refractivity contribution in [2.75, 3.05) is 13.2 Å². The molecule has 0 aliphatic carbocycles. The maximum atomic E-state index is 10.8. The van der Waals surface area contributed by atoms with Crippen LogP contribution in [0, 0.1) is 0 Å². The van der Waals surface area contributed by atoms with Crippen LogP contribution in [0.1, 0.15) is 45.0 Å². The van der Waals surface area contributed by atoms with Gasteiger partial charge in [0.05, 0.1) is 19.1 Å². The van der Waals surface area contributed by atoms with E-state index in [0.717, 1.165) is 12.8 Å². The van der Waals surface area contributed by atoms with Crippen LogP contribution in [0.3, 0.4) is 0 Å². The molecule has 0 radical (unpaired) electrons. The minimum absolute atomic E-state index is 0.0422. The molecule has 1 unspecified atom stereocenters. The first-order valence-corrected chi connectivity index (χ1v) is 6.25. The molecule has 0 bridgehead atoms. The van der Waals surface area contributed by atoms with Crippen LogP contribution in [0.15, 0.2) is 0 Å². The number of hydrogen-bond donors (Lipinski definition) is 1. The zero-order valence-electron chi connectivity index (χ0n) is 10.9. The fourth-order valence-corrected chi connectivity index (χ4v) is 1.81. The first-order valence-electron chi connectivity index (χ1n) is 6.25. The van der Waals surface area contributed by atoms with Crippen LogP contribution >= 0.6 is 0 Å². The Morgan fingerprint density at radius 3 is 2.89 bits per heavy atom. The maximum Gasteiger partial charge on any atom is 0.305 e. The van der Waals surface area contributed by atoms with E-state index in [9.17, 15) is 4.79 Å². The van der Waals surface area contributed by atoms with Crippen molar-refractivity contribution in [2.45, 2.75) is 45.6 Å². The van der Waals surface area contributed by atoms with Crippen LogP contribution in [0.5, 0.6) is 0 Å². The minimum Gasteiger partial charge on any atom is -0.481 e. The summed E-state index contributed by atoms with van der Waals surface area (Å²) in [6.07, 6.45) is 2.28. The summed E-state index contributed by atoms with van der Waals surface area (Å²) in [5.74, 6) is -0.150. The number of hydrogen-bond acceptors (Lipinski definition) is 5. The number of rotatable bonds is 9. The van der Waals surface area contributed by atoms with Crippen LogP contribution < -0.4 is 0 Å². The number of carboxylic acids is 1. The molecule has 0 saturated heterocycles. The SMILES string of the molecule is CCCC(CC(=O)O)n1nnnc1CCOCC. The van der Waals surface area contributed by atoms with Crippen molar-refractivity contribution >= 4 is 5.97 Å². The van der Waals surface area contributed by atoms with Gasteiger partial charge in [-0.05, 0) is 23.8 Å². The Morgan fingerprint density at radius 2 is 2.28 bits per heavy atom. The van der Waals surface area contributed by atoms with Gasteiger partial charge in [0.25, 0.3) is 0 Å². The van der Waals surface area contributed by atoms with Crippen molar-refractivity contribution in [1.29, 1.82) is 0 Å². The molecule has 1 aromatic rings. The molecule has 0 aromatic carbocycles. The molecule has 7 heteroatoms. The third kappa shape index (κ3) is 4.40. The smallest absolute Gasteiger partial charge is 0.305 e. The number of ether oxygens (including phenoxy) is 1. The zero-order chi connectivity index (χ0) is 13.4. The second-order valence-electron chi connectivity index (χ2n) is 4.03. The summed E-state index contributed by atoms with van der Waals surface area (Å²) in [4.78, 5) is 10.8. The van der Waals surface area contributed by atoms with Crippen molar-refractivity contribution in [3.8, 4) is 0 Å². The van der Waals surface area contributed by atoms with Crippen molar-refractivity contribution in [2.24, 2.45) is 0 Å². The van der Waals surface area contributed by atoms with E-state index < -0.39 is 5.97 Å². The molecule has 18 heavy (non-hydrogen) atoms.